The average molecular weight is 268 g/mol. The van der Waals surface area contributed by atoms with Gasteiger partial charge in [-0.25, -0.2) is 4.98 Å². The Balaban J connectivity index is 2.16. The van der Waals surface area contributed by atoms with Gasteiger partial charge in [0.2, 0.25) is 0 Å². The van der Waals surface area contributed by atoms with Gasteiger partial charge in [0.05, 0.1) is 23.1 Å². The topological polar surface area (TPSA) is 37.8 Å². The third-order valence-corrected chi connectivity index (χ3v) is 4.44. The van der Waals surface area contributed by atoms with Crippen LogP contribution < -0.4 is 5.32 Å². The molecule has 0 saturated heterocycles. The summed E-state index contributed by atoms with van der Waals surface area (Å²) in [7, 11) is 0. The number of nitrogens with zero attached hydrogens (tertiary/aromatic N) is 2. The van der Waals surface area contributed by atoms with Crippen LogP contribution in [0, 0.1) is 19.8 Å². The molecule has 0 radical (unpaired) electrons. The van der Waals surface area contributed by atoms with Crippen molar-refractivity contribution in [1.29, 1.82) is 0 Å². The summed E-state index contributed by atoms with van der Waals surface area (Å²) in [5.74, 6) is 2.21. The van der Waals surface area contributed by atoms with Crippen molar-refractivity contribution in [2.24, 2.45) is 5.92 Å². The molecule has 1 saturated carbocycles. The maximum Gasteiger partial charge on any atom is 0.145 e. The van der Waals surface area contributed by atoms with Crippen molar-refractivity contribution in [1.82, 2.24) is 9.97 Å². The van der Waals surface area contributed by atoms with Crippen LogP contribution in [0.25, 0.3) is 0 Å². The lowest BCUT2D eigenvalue weighted by Crippen LogP contribution is -2.44. The van der Waals surface area contributed by atoms with Crippen LogP contribution in [0.1, 0.15) is 44.0 Å². The fourth-order valence-electron chi connectivity index (χ4n) is 2.80. The zero-order valence-electron chi connectivity index (χ0n) is 11.5. The van der Waals surface area contributed by atoms with Gasteiger partial charge in [-0.05, 0) is 32.6 Å². The number of nitrogens with one attached hydrogen (secondary N) is 1. The summed E-state index contributed by atoms with van der Waals surface area (Å²) in [6, 6.07) is 0. The molecule has 0 aromatic carbocycles. The minimum Gasteiger partial charge on any atom is -0.362 e. The molecule has 3 nitrogen and oxygen atoms in total. The third kappa shape index (κ3) is 2.94. The Morgan fingerprint density at radius 2 is 2.22 bits per heavy atom. The molecule has 0 spiro atoms. The Hall–Kier alpha value is -0.830. The zero-order chi connectivity index (χ0) is 13.2. The van der Waals surface area contributed by atoms with Crippen LogP contribution in [0.15, 0.2) is 6.20 Å². The highest BCUT2D eigenvalue weighted by Crippen LogP contribution is 2.35. The molecule has 1 N–H and O–H groups in total. The average Bonchev–Trinajstić information content (AvgIpc) is 2.34. The van der Waals surface area contributed by atoms with Crippen LogP contribution >= 0.6 is 11.6 Å². The highest BCUT2D eigenvalue weighted by molar-refractivity contribution is 6.18. The number of rotatable bonds is 3. The molecule has 100 valence electrons. The normalized spacial score (nSPS) is 28.1. The van der Waals surface area contributed by atoms with E-state index in [9.17, 15) is 0 Å². The van der Waals surface area contributed by atoms with Gasteiger partial charge in [-0.3, -0.25) is 4.98 Å². The SMILES string of the molecule is Cc1ncc(NC2(CCl)CCCC(C)C2)nc1C. The van der Waals surface area contributed by atoms with Gasteiger partial charge >= 0.3 is 0 Å². The molecule has 18 heavy (non-hydrogen) atoms. The molecule has 1 aliphatic carbocycles. The minimum atomic E-state index is -0.00436. The van der Waals surface area contributed by atoms with Crippen LogP contribution in [0.3, 0.4) is 0 Å². The van der Waals surface area contributed by atoms with E-state index >= 15 is 0 Å². The first-order valence-electron chi connectivity index (χ1n) is 6.69. The van der Waals surface area contributed by atoms with Gasteiger partial charge < -0.3 is 5.32 Å². The highest BCUT2D eigenvalue weighted by Gasteiger charge is 2.34. The maximum atomic E-state index is 6.21. The Kier molecular flexibility index (Phi) is 4.10. The summed E-state index contributed by atoms with van der Waals surface area (Å²) in [6.45, 7) is 6.27. The van der Waals surface area contributed by atoms with Crippen molar-refractivity contribution in [2.45, 2.75) is 52.0 Å². The predicted octanol–water partition coefficient (Wildman–Crippen LogP) is 3.69. The van der Waals surface area contributed by atoms with Gasteiger partial charge in [0.1, 0.15) is 5.82 Å². The number of aryl methyl sites for hydroxylation is 2. The summed E-state index contributed by atoms with van der Waals surface area (Å²) in [5, 5.41) is 3.54. The number of aromatic nitrogens is 2. The van der Waals surface area contributed by atoms with Gasteiger partial charge in [0.25, 0.3) is 0 Å². The molecule has 1 aromatic heterocycles. The van der Waals surface area contributed by atoms with Gasteiger partial charge in [-0.1, -0.05) is 19.8 Å². The highest BCUT2D eigenvalue weighted by atomic mass is 35.5. The summed E-state index contributed by atoms with van der Waals surface area (Å²) in [6.07, 6.45) is 6.59. The molecule has 4 heteroatoms. The zero-order valence-corrected chi connectivity index (χ0v) is 12.2. The van der Waals surface area contributed by atoms with E-state index < -0.39 is 0 Å². The fraction of sp³-hybridized carbons (Fsp3) is 0.714. The lowest BCUT2D eigenvalue weighted by molar-refractivity contribution is 0.279. The smallest absolute Gasteiger partial charge is 0.145 e. The van der Waals surface area contributed by atoms with Gasteiger partial charge in [-0.15, -0.1) is 11.6 Å². The third-order valence-electron chi connectivity index (χ3n) is 3.93. The summed E-state index contributed by atoms with van der Waals surface area (Å²) in [4.78, 5) is 8.91. The number of alkyl halides is 1. The first-order valence-corrected chi connectivity index (χ1v) is 7.22. The van der Waals surface area contributed by atoms with E-state index in [4.69, 9.17) is 11.6 Å². The van der Waals surface area contributed by atoms with Crippen molar-refractivity contribution in [3.63, 3.8) is 0 Å². The molecule has 0 aliphatic heterocycles. The first-order chi connectivity index (χ1) is 8.54. The largest absolute Gasteiger partial charge is 0.362 e. The first kappa shape index (κ1) is 13.6. The monoisotopic (exact) mass is 267 g/mol. The van der Waals surface area contributed by atoms with Crippen molar-refractivity contribution in [2.75, 3.05) is 11.2 Å². The van der Waals surface area contributed by atoms with Crippen LogP contribution in [0.5, 0.6) is 0 Å². The Labute approximate surface area is 114 Å². The molecule has 0 bridgehead atoms. The number of anilines is 1. The van der Waals surface area contributed by atoms with E-state index in [1.54, 1.807) is 0 Å². The Bertz CT molecular complexity index is 422. The summed E-state index contributed by atoms with van der Waals surface area (Å²) >= 11 is 6.21. The fourth-order valence-corrected chi connectivity index (χ4v) is 3.11. The number of hydrogen-bond donors (Lipinski definition) is 1. The molecule has 2 rings (SSSR count). The van der Waals surface area contributed by atoms with Crippen molar-refractivity contribution in [3.05, 3.63) is 17.6 Å². The number of halogens is 1. The van der Waals surface area contributed by atoms with Crippen molar-refractivity contribution < 1.29 is 0 Å². The molecule has 1 fully saturated rings. The van der Waals surface area contributed by atoms with Crippen LogP contribution in [-0.2, 0) is 0 Å². The molecular formula is C14H22ClN3. The molecule has 0 amide bonds. The van der Waals surface area contributed by atoms with Gasteiger partial charge in [0.15, 0.2) is 0 Å². The quantitative estimate of drug-likeness (QED) is 0.849. The standard InChI is InChI=1S/C14H22ClN3/c1-10-5-4-6-14(7-10,9-15)18-13-8-16-11(2)12(3)17-13/h8,10H,4-7,9H2,1-3H3,(H,17,18). The van der Waals surface area contributed by atoms with Gasteiger partial charge in [-0.2, -0.15) is 0 Å². The molecule has 1 aromatic rings. The van der Waals surface area contributed by atoms with E-state index in [1.807, 2.05) is 20.0 Å². The molecular weight excluding hydrogens is 246 g/mol. The second-order valence-corrected chi connectivity index (χ2v) is 5.93. The van der Waals surface area contributed by atoms with E-state index in [2.05, 4.69) is 22.2 Å². The van der Waals surface area contributed by atoms with E-state index in [-0.39, 0.29) is 5.54 Å². The van der Waals surface area contributed by atoms with Crippen molar-refractivity contribution >= 4 is 17.4 Å². The molecule has 2 atom stereocenters. The van der Waals surface area contributed by atoms with Crippen LogP contribution in [0.2, 0.25) is 0 Å². The second kappa shape index (κ2) is 5.43. The minimum absolute atomic E-state index is 0.00436. The molecule has 1 heterocycles. The van der Waals surface area contributed by atoms with E-state index in [0.717, 1.165) is 36.0 Å². The Morgan fingerprint density at radius 1 is 1.44 bits per heavy atom. The number of hydrogen-bond acceptors (Lipinski definition) is 3. The van der Waals surface area contributed by atoms with Crippen molar-refractivity contribution in [3.8, 4) is 0 Å². The second-order valence-electron chi connectivity index (χ2n) is 5.67. The summed E-state index contributed by atoms with van der Waals surface area (Å²) < 4.78 is 0. The van der Waals surface area contributed by atoms with E-state index in [0.29, 0.717) is 5.88 Å². The summed E-state index contributed by atoms with van der Waals surface area (Å²) in [5.41, 5.74) is 1.96. The van der Waals surface area contributed by atoms with Gasteiger partial charge in [0, 0.05) is 5.88 Å². The van der Waals surface area contributed by atoms with Crippen LogP contribution in [-0.4, -0.2) is 21.4 Å². The molecule has 1 aliphatic rings. The maximum absolute atomic E-state index is 6.21. The lowest BCUT2D eigenvalue weighted by Gasteiger charge is -2.39. The van der Waals surface area contributed by atoms with Crippen LogP contribution in [0.4, 0.5) is 5.82 Å². The molecule has 2 unspecified atom stereocenters. The lowest BCUT2D eigenvalue weighted by atomic mass is 9.77. The predicted molar refractivity (Wildman–Crippen MR) is 76.2 cm³/mol. The van der Waals surface area contributed by atoms with E-state index in [1.165, 1.54) is 12.8 Å². The Morgan fingerprint density at radius 3 is 2.83 bits per heavy atom.